The summed E-state index contributed by atoms with van der Waals surface area (Å²) in [6.07, 6.45) is 1.32. The SMILES string of the molecule is Br.N#CCCCNc1nnc(-c2ccccc2)cc1-c1ccccc1. The number of halogens is 1. The smallest absolute Gasteiger partial charge is 0.156 e. The molecule has 126 valence electrons. The van der Waals surface area contributed by atoms with Crippen LogP contribution < -0.4 is 5.32 Å². The van der Waals surface area contributed by atoms with E-state index in [1.165, 1.54) is 0 Å². The summed E-state index contributed by atoms with van der Waals surface area (Å²) in [6.45, 7) is 0.701. The molecule has 1 aromatic heterocycles. The first kappa shape index (κ1) is 18.6. The maximum absolute atomic E-state index is 8.65. The third kappa shape index (κ3) is 4.88. The predicted molar refractivity (Wildman–Crippen MR) is 107 cm³/mol. The van der Waals surface area contributed by atoms with Crippen molar-refractivity contribution in [1.29, 1.82) is 5.26 Å². The van der Waals surface area contributed by atoms with Gasteiger partial charge in [0.15, 0.2) is 5.82 Å². The second-order valence-corrected chi connectivity index (χ2v) is 5.41. The number of anilines is 1. The Bertz CT molecular complexity index is 829. The maximum Gasteiger partial charge on any atom is 0.156 e. The molecular weight excluding hydrogens is 376 g/mol. The fourth-order valence-corrected chi connectivity index (χ4v) is 2.48. The average molecular weight is 395 g/mol. The normalized spacial score (nSPS) is 9.72. The molecule has 0 spiro atoms. The van der Waals surface area contributed by atoms with E-state index in [1.807, 2.05) is 48.5 Å². The van der Waals surface area contributed by atoms with E-state index in [9.17, 15) is 0 Å². The minimum absolute atomic E-state index is 0. The first-order valence-corrected chi connectivity index (χ1v) is 7.98. The predicted octanol–water partition coefficient (Wildman–Crippen LogP) is 5.10. The largest absolute Gasteiger partial charge is 0.368 e. The number of rotatable bonds is 6. The number of nitriles is 1. The van der Waals surface area contributed by atoms with E-state index in [-0.39, 0.29) is 17.0 Å². The van der Waals surface area contributed by atoms with Gasteiger partial charge < -0.3 is 5.32 Å². The molecule has 0 aliphatic carbocycles. The average Bonchev–Trinajstić information content (AvgIpc) is 2.67. The number of benzene rings is 2. The Kier molecular flexibility index (Phi) is 7.12. The van der Waals surface area contributed by atoms with E-state index >= 15 is 0 Å². The molecule has 0 aliphatic rings. The molecule has 4 nitrogen and oxygen atoms in total. The zero-order valence-corrected chi connectivity index (χ0v) is 15.4. The van der Waals surface area contributed by atoms with Crippen LogP contribution in [0, 0.1) is 11.3 Å². The summed E-state index contributed by atoms with van der Waals surface area (Å²) < 4.78 is 0. The van der Waals surface area contributed by atoms with E-state index in [0.29, 0.717) is 13.0 Å². The van der Waals surface area contributed by atoms with Gasteiger partial charge in [-0.15, -0.1) is 27.2 Å². The van der Waals surface area contributed by atoms with Crippen LogP contribution in [0.4, 0.5) is 5.82 Å². The molecule has 1 heterocycles. The number of hydrogen-bond donors (Lipinski definition) is 1. The summed E-state index contributed by atoms with van der Waals surface area (Å²) >= 11 is 0. The topological polar surface area (TPSA) is 61.6 Å². The molecule has 5 heteroatoms. The lowest BCUT2D eigenvalue weighted by atomic mass is 10.0. The molecule has 0 radical (unpaired) electrons. The Balaban J connectivity index is 0.00000225. The van der Waals surface area contributed by atoms with E-state index in [1.54, 1.807) is 0 Å². The van der Waals surface area contributed by atoms with Crippen LogP contribution >= 0.6 is 17.0 Å². The van der Waals surface area contributed by atoms with Gasteiger partial charge in [0.1, 0.15) is 0 Å². The molecular formula is C20H19BrN4. The summed E-state index contributed by atoms with van der Waals surface area (Å²) in [5, 5.41) is 20.7. The van der Waals surface area contributed by atoms with Gasteiger partial charge >= 0.3 is 0 Å². The second kappa shape index (κ2) is 9.55. The number of aromatic nitrogens is 2. The van der Waals surface area contributed by atoms with Gasteiger partial charge in [-0.2, -0.15) is 5.26 Å². The molecule has 0 saturated carbocycles. The van der Waals surface area contributed by atoms with E-state index < -0.39 is 0 Å². The van der Waals surface area contributed by atoms with Gasteiger partial charge in [0, 0.05) is 24.1 Å². The molecule has 0 bridgehead atoms. The molecule has 0 aliphatic heterocycles. The highest BCUT2D eigenvalue weighted by Gasteiger charge is 2.10. The van der Waals surface area contributed by atoms with Crippen molar-refractivity contribution in [3.8, 4) is 28.5 Å². The van der Waals surface area contributed by atoms with Crippen LogP contribution in [-0.2, 0) is 0 Å². The Morgan fingerprint density at radius 2 is 1.52 bits per heavy atom. The first-order chi connectivity index (χ1) is 11.9. The molecule has 25 heavy (non-hydrogen) atoms. The quantitative estimate of drug-likeness (QED) is 0.590. The van der Waals surface area contributed by atoms with Crippen LogP contribution in [0.25, 0.3) is 22.4 Å². The van der Waals surface area contributed by atoms with Crippen molar-refractivity contribution < 1.29 is 0 Å². The Hall–Kier alpha value is -2.71. The van der Waals surface area contributed by atoms with Crippen molar-refractivity contribution in [3.63, 3.8) is 0 Å². The van der Waals surface area contributed by atoms with Gasteiger partial charge in [0.25, 0.3) is 0 Å². The van der Waals surface area contributed by atoms with E-state index in [2.05, 4.69) is 39.8 Å². The number of nitrogens with one attached hydrogen (secondary N) is 1. The van der Waals surface area contributed by atoms with Gasteiger partial charge in [-0.3, -0.25) is 0 Å². The molecule has 0 saturated heterocycles. The zero-order valence-electron chi connectivity index (χ0n) is 13.7. The van der Waals surface area contributed by atoms with E-state index in [4.69, 9.17) is 5.26 Å². The van der Waals surface area contributed by atoms with Gasteiger partial charge in [0.2, 0.25) is 0 Å². The van der Waals surface area contributed by atoms with Gasteiger partial charge in [-0.05, 0) is 18.1 Å². The van der Waals surface area contributed by atoms with Crippen LogP contribution in [0.15, 0.2) is 66.7 Å². The first-order valence-electron chi connectivity index (χ1n) is 7.98. The standard InChI is InChI=1S/C20H18N4.BrH/c21-13-7-8-14-22-20-18(16-9-3-1-4-10-16)15-19(23-24-20)17-11-5-2-6-12-17;/h1-6,9-12,15H,7-8,14H2,(H,22,24);1H. The van der Waals surface area contributed by atoms with E-state index in [0.717, 1.165) is 34.6 Å². The Morgan fingerprint density at radius 3 is 2.16 bits per heavy atom. The van der Waals surface area contributed by atoms with Crippen LogP contribution in [0.1, 0.15) is 12.8 Å². The van der Waals surface area contributed by atoms with Crippen molar-refractivity contribution >= 4 is 22.8 Å². The summed E-state index contributed by atoms with van der Waals surface area (Å²) in [4.78, 5) is 0. The summed E-state index contributed by atoms with van der Waals surface area (Å²) in [5.74, 6) is 0.749. The molecule has 0 fully saturated rings. The molecule has 0 amide bonds. The molecule has 1 N–H and O–H groups in total. The Morgan fingerprint density at radius 1 is 0.880 bits per heavy atom. The zero-order chi connectivity index (χ0) is 16.6. The maximum atomic E-state index is 8.65. The lowest BCUT2D eigenvalue weighted by Gasteiger charge is -2.12. The highest BCUT2D eigenvalue weighted by molar-refractivity contribution is 8.93. The summed E-state index contributed by atoms with van der Waals surface area (Å²) in [7, 11) is 0. The number of hydrogen-bond acceptors (Lipinski definition) is 4. The van der Waals surface area contributed by atoms with Crippen LogP contribution in [0.5, 0.6) is 0 Å². The highest BCUT2D eigenvalue weighted by atomic mass is 79.9. The minimum Gasteiger partial charge on any atom is -0.368 e. The van der Waals surface area contributed by atoms with Crippen molar-refractivity contribution in [1.82, 2.24) is 10.2 Å². The third-order valence-electron chi connectivity index (χ3n) is 3.71. The third-order valence-corrected chi connectivity index (χ3v) is 3.71. The van der Waals surface area contributed by atoms with Crippen molar-refractivity contribution in [3.05, 3.63) is 66.7 Å². The lowest BCUT2D eigenvalue weighted by molar-refractivity contribution is 0.884. The van der Waals surface area contributed by atoms with Crippen LogP contribution in [0.3, 0.4) is 0 Å². The monoisotopic (exact) mass is 394 g/mol. The Labute approximate surface area is 158 Å². The summed E-state index contributed by atoms with van der Waals surface area (Å²) in [5.41, 5.74) is 3.99. The fraction of sp³-hybridized carbons (Fsp3) is 0.150. The van der Waals surface area contributed by atoms with Crippen LogP contribution in [0.2, 0.25) is 0 Å². The molecule has 2 aromatic carbocycles. The van der Waals surface area contributed by atoms with Crippen molar-refractivity contribution in [2.75, 3.05) is 11.9 Å². The molecule has 3 rings (SSSR count). The fourth-order valence-electron chi connectivity index (χ4n) is 2.48. The molecule has 0 unspecified atom stereocenters. The highest BCUT2D eigenvalue weighted by Crippen LogP contribution is 2.29. The summed E-state index contributed by atoms with van der Waals surface area (Å²) in [6, 6.07) is 24.4. The van der Waals surface area contributed by atoms with Gasteiger partial charge in [-0.1, -0.05) is 60.7 Å². The molecule has 3 aromatic rings. The van der Waals surface area contributed by atoms with Crippen LogP contribution in [-0.4, -0.2) is 16.7 Å². The van der Waals surface area contributed by atoms with Gasteiger partial charge in [0.05, 0.1) is 11.8 Å². The lowest BCUT2D eigenvalue weighted by Crippen LogP contribution is -2.06. The van der Waals surface area contributed by atoms with Gasteiger partial charge in [-0.25, -0.2) is 0 Å². The van der Waals surface area contributed by atoms with Crippen molar-refractivity contribution in [2.45, 2.75) is 12.8 Å². The molecule has 0 atom stereocenters. The number of unbranched alkanes of at least 4 members (excludes halogenated alkanes) is 1. The second-order valence-electron chi connectivity index (χ2n) is 5.41. The van der Waals surface area contributed by atoms with Crippen molar-refractivity contribution in [2.24, 2.45) is 0 Å². The minimum atomic E-state index is 0. The number of nitrogens with zero attached hydrogens (tertiary/aromatic N) is 3.